The maximum atomic E-state index is 14.5. The molecule has 5 aromatic rings. The molecule has 0 spiro atoms. The zero-order valence-corrected chi connectivity index (χ0v) is 20.3. The first-order valence-electron chi connectivity index (χ1n) is 11.3. The van der Waals surface area contributed by atoms with E-state index < -0.39 is 34.8 Å². The summed E-state index contributed by atoms with van der Waals surface area (Å²) in [6, 6.07) is 18.1. The van der Waals surface area contributed by atoms with E-state index in [4.69, 9.17) is 11.6 Å². The average molecular weight is 542 g/mol. The number of fused-ring (bicyclic) bond motifs is 1. The van der Waals surface area contributed by atoms with Gasteiger partial charge in [-0.05, 0) is 72.6 Å². The fraction of sp³-hybridized carbons (Fsp3) is 0.0714. The number of imidazole rings is 1. The molecule has 10 heteroatoms. The third-order valence-corrected chi connectivity index (χ3v) is 6.26. The molecule has 0 unspecified atom stereocenters. The number of carbonyl (C=O) groups excluding carboxylic acids is 1. The summed E-state index contributed by atoms with van der Waals surface area (Å²) in [6.07, 6.45) is -4.79. The number of carbonyl (C=O) groups is 1. The van der Waals surface area contributed by atoms with E-state index in [2.05, 4.69) is 10.3 Å². The number of aryl methyl sites for hydroxylation is 1. The second-order valence-corrected chi connectivity index (χ2v) is 8.88. The zero-order chi connectivity index (χ0) is 27.2. The number of hydrogen-bond acceptors (Lipinski definition) is 2. The number of nitrogens with one attached hydrogen (secondary N) is 1. The number of anilines is 1. The van der Waals surface area contributed by atoms with Gasteiger partial charge in [-0.2, -0.15) is 13.2 Å². The highest BCUT2D eigenvalue weighted by molar-refractivity contribution is 6.29. The zero-order valence-electron chi connectivity index (χ0n) is 19.6. The summed E-state index contributed by atoms with van der Waals surface area (Å²) in [7, 11) is 0. The number of nitrogens with zero attached hydrogens (tertiary/aromatic N) is 2. The van der Waals surface area contributed by atoms with Crippen LogP contribution in [0.15, 0.2) is 78.9 Å². The highest BCUT2D eigenvalue weighted by Crippen LogP contribution is 2.37. The van der Waals surface area contributed by atoms with Crippen LogP contribution in [0, 0.1) is 18.6 Å². The summed E-state index contributed by atoms with van der Waals surface area (Å²) >= 11 is 6.38. The molecule has 192 valence electrons. The standard InChI is InChI=1S/C28H17ClF5N3O/c1-15-8-11-17(12-9-15)35-26(38)19-14-16(10-13-20(19)28(32,33)34)22-6-3-7-23-25(36-27(29)37(22)23)18-4-2-5-21(30)24(18)31/h2-14H,1H3,(H,35,38). The smallest absolute Gasteiger partial charge is 0.322 e. The quantitative estimate of drug-likeness (QED) is 0.233. The van der Waals surface area contributed by atoms with Crippen LogP contribution in [0.3, 0.4) is 0 Å². The Morgan fingerprint density at radius 2 is 1.66 bits per heavy atom. The summed E-state index contributed by atoms with van der Waals surface area (Å²) in [4.78, 5) is 17.2. The van der Waals surface area contributed by atoms with Gasteiger partial charge in [-0.3, -0.25) is 9.20 Å². The van der Waals surface area contributed by atoms with Crippen molar-refractivity contribution < 1.29 is 26.7 Å². The fourth-order valence-electron chi connectivity index (χ4n) is 4.18. The molecule has 3 aromatic carbocycles. The molecular weight excluding hydrogens is 525 g/mol. The van der Waals surface area contributed by atoms with Gasteiger partial charge in [0.1, 0.15) is 5.69 Å². The van der Waals surface area contributed by atoms with Crippen LogP contribution in [0.1, 0.15) is 21.5 Å². The molecule has 5 rings (SSSR count). The first kappa shape index (κ1) is 25.4. The van der Waals surface area contributed by atoms with Gasteiger partial charge in [0.25, 0.3) is 5.91 Å². The minimum Gasteiger partial charge on any atom is -0.322 e. The largest absolute Gasteiger partial charge is 0.417 e. The van der Waals surface area contributed by atoms with Crippen LogP contribution in [-0.2, 0) is 6.18 Å². The van der Waals surface area contributed by atoms with Gasteiger partial charge in [0.15, 0.2) is 11.6 Å². The Hall–Kier alpha value is -4.24. The molecule has 1 amide bonds. The SMILES string of the molecule is Cc1ccc(NC(=O)c2cc(-c3cccc4c(-c5cccc(F)c5F)nc(Cl)n34)ccc2C(F)(F)F)cc1. The van der Waals surface area contributed by atoms with Crippen LogP contribution in [0.4, 0.5) is 27.6 Å². The maximum Gasteiger partial charge on any atom is 0.417 e. The van der Waals surface area contributed by atoms with Gasteiger partial charge in [0.05, 0.1) is 22.3 Å². The van der Waals surface area contributed by atoms with Crippen molar-refractivity contribution in [3.63, 3.8) is 0 Å². The second-order valence-electron chi connectivity index (χ2n) is 8.54. The van der Waals surface area contributed by atoms with Crippen LogP contribution in [-0.4, -0.2) is 15.3 Å². The minimum absolute atomic E-state index is 0.0538. The molecule has 0 aliphatic rings. The molecule has 0 aliphatic heterocycles. The first-order valence-corrected chi connectivity index (χ1v) is 11.6. The van der Waals surface area contributed by atoms with Crippen molar-refractivity contribution in [3.8, 4) is 22.5 Å². The fourth-order valence-corrected chi connectivity index (χ4v) is 4.44. The van der Waals surface area contributed by atoms with Crippen molar-refractivity contribution in [3.05, 3.63) is 112 Å². The van der Waals surface area contributed by atoms with Gasteiger partial charge >= 0.3 is 6.18 Å². The van der Waals surface area contributed by atoms with Gasteiger partial charge < -0.3 is 5.32 Å². The van der Waals surface area contributed by atoms with E-state index in [1.807, 2.05) is 6.92 Å². The van der Waals surface area contributed by atoms with Crippen LogP contribution in [0.25, 0.3) is 28.0 Å². The van der Waals surface area contributed by atoms with Crippen molar-refractivity contribution in [2.24, 2.45) is 0 Å². The number of pyridine rings is 1. The van der Waals surface area contributed by atoms with E-state index >= 15 is 0 Å². The van der Waals surface area contributed by atoms with Crippen molar-refractivity contribution in [1.82, 2.24) is 9.38 Å². The molecule has 4 nitrogen and oxygen atoms in total. The van der Waals surface area contributed by atoms with E-state index in [9.17, 15) is 26.7 Å². The third-order valence-electron chi connectivity index (χ3n) is 6.00. The maximum absolute atomic E-state index is 14.5. The lowest BCUT2D eigenvalue weighted by Crippen LogP contribution is -2.19. The number of benzene rings is 3. The normalized spacial score (nSPS) is 11.7. The van der Waals surface area contributed by atoms with Crippen LogP contribution >= 0.6 is 11.6 Å². The van der Waals surface area contributed by atoms with Crippen molar-refractivity contribution in [2.75, 3.05) is 5.32 Å². The molecule has 2 aromatic heterocycles. The Bertz CT molecular complexity index is 1690. The van der Waals surface area contributed by atoms with Crippen LogP contribution in [0.5, 0.6) is 0 Å². The van der Waals surface area contributed by atoms with E-state index in [-0.39, 0.29) is 22.1 Å². The topological polar surface area (TPSA) is 46.4 Å². The van der Waals surface area contributed by atoms with Crippen molar-refractivity contribution >= 4 is 28.7 Å². The Labute approximate surface area is 218 Å². The molecule has 0 atom stereocenters. The lowest BCUT2D eigenvalue weighted by Gasteiger charge is -2.15. The highest BCUT2D eigenvalue weighted by Gasteiger charge is 2.35. The Balaban J connectivity index is 1.65. The van der Waals surface area contributed by atoms with Crippen LogP contribution < -0.4 is 5.32 Å². The van der Waals surface area contributed by atoms with Gasteiger partial charge in [-0.25, -0.2) is 13.8 Å². The summed E-state index contributed by atoms with van der Waals surface area (Å²) in [6.45, 7) is 1.84. The van der Waals surface area contributed by atoms with E-state index in [0.29, 0.717) is 16.9 Å². The van der Waals surface area contributed by atoms with Gasteiger partial charge in [-0.1, -0.05) is 35.9 Å². The van der Waals surface area contributed by atoms with E-state index in [1.54, 1.807) is 42.5 Å². The predicted molar refractivity (Wildman–Crippen MR) is 135 cm³/mol. The van der Waals surface area contributed by atoms with Gasteiger partial charge in [-0.15, -0.1) is 0 Å². The number of aromatic nitrogens is 2. The van der Waals surface area contributed by atoms with Crippen LogP contribution in [0.2, 0.25) is 5.28 Å². The molecule has 0 saturated carbocycles. The second kappa shape index (κ2) is 9.57. The Morgan fingerprint density at radius 1 is 0.947 bits per heavy atom. The lowest BCUT2D eigenvalue weighted by atomic mass is 10.00. The molecular formula is C28H17ClF5N3O. The molecule has 2 heterocycles. The monoisotopic (exact) mass is 541 g/mol. The number of halogens is 6. The molecule has 0 saturated heterocycles. The summed E-state index contributed by atoms with van der Waals surface area (Å²) in [5, 5.41) is 2.38. The summed E-state index contributed by atoms with van der Waals surface area (Å²) in [5.41, 5.74) is 0.282. The molecule has 0 bridgehead atoms. The average Bonchev–Trinajstić information content (AvgIpc) is 3.22. The summed E-state index contributed by atoms with van der Waals surface area (Å²) in [5.74, 6) is -3.13. The number of rotatable bonds is 4. The van der Waals surface area contributed by atoms with Gasteiger partial charge in [0.2, 0.25) is 5.28 Å². The molecule has 0 aliphatic carbocycles. The van der Waals surface area contributed by atoms with Crippen molar-refractivity contribution in [1.29, 1.82) is 0 Å². The minimum atomic E-state index is -4.79. The first-order chi connectivity index (χ1) is 18.0. The molecule has 0 fully saturated rings. The van der Waals surface area contributed by atoms with Crippen molar-refractivity contribution in [2.45, 2.75) is 13.1 Å². The Morgan fingerprint density at radius 3 is 2.37 bits per heavy atom. The lowest BCUT2D eigenvalue weighted by molar-refractivity contribution is -0.137. The summed E-state index contributed by atoms with van der Waals surface area (Å²) < 4.78 is 71.3. The molecule has 38 heavy (non-hydrogen) atoms. The van der Waals surface area contributed by atoms with E-state index in [1.165, 1.54) is 22.6 Å². The third kappa shape index (κ3) is 4.61. The van der Waals surface area contributed by atoms with E-state index in [0.717, 1.165) is 23.8 Å². The Kier molecular flexibility index (Phi) is 6.40. The van der Waals surface area contributed by atoms with Gasteiger partial charge in [0, 0.05) is 11.3 Å². The number of alkyl halides is 3. The molecule has 1 N–H and O–H groups in total. The molecule has 0 radical (unpaired) electrons. The predicted octanol–water partition coefficient (Wildman–Crippen LogP) is 8.18. The number of hydrogen-bond donors (Lipinski definition) is 1. The highest BCUT2D eigenvalue weighted by atomic mass is 35.5. The number of amides is 1.